The Morgan fingerprint density at radius 3 is 2.35 bits per heavy atom. The van der Waals surface area contributed by atoms with E-state index in [9.17, 15) is 13.6 Å². The third kappa shape index (κ3) is 3.79. The van der Waals surface area contributed by atoms with E-state index < -0.39 is 11.6 Å². The Morgan fingerprint density at radius 2 is 1.73 bits per heavy atom. The molecule has 1 N–H and O–H groups in total. The summed E-state index contributed by atoms with van der Waals surface area (Å²) in [6, 6.07) is 12.1. The topological polar surface area (TPSA) is 46.9 Å². The normalized spacial score (nSPS) is 11.4. The molecule has 1 heterocycles. The van der Waals surface area contributed by atoms with Crippen molar-refractivity contribution in [2.45, 2.75) is 26.2 Å². The first-order chi connectivity index (χ1) is 12.2. The summed E-state index contributed by atoms with van der Waals surface area (Å²) in [6.07, 6.45) is 1.49. The zero-order valence-electron chi connectivity index (χ0n) is 14.8. The number of amides is 1. The molecule has 0 radical (unpaired) electrons. The van der Waals surface area contributed by atoms with Crippen LogP contribution in [0.4, 0.5) is 14.6 Å². The van der Waals surface area contributed by atoms with Gasteiger partial charge in [-0.3, -0.25) is 4.79 Å². The van der Waals surface area contributed by atoms with Gasteiger partial charge in [0, 0.05) is 23.9 Å². The Morgan fingerprint density at radius 1 is 1.04 bits per heavy atom. The number of benzene rings is 2. The second kappa shape index (κ2) is 6.71. The first-order valence-electron chi connectivity index (χ1n) is 8.17. The molecule has 3 rings (SSSR count). The summed E-state index contributed by atoms with van der Waals surface area (Å²) in [6.45, 7) is 6.30. The summed E-state index contributed by atoms with van der Waals surface area (Å²) >= 11 is 0. The van der Waals surface area contributed by atoms with Gasteiger partial charge >= 0.3 is 0 Å². The van der Waals surface area contributed by atoms with E-state index in [4.69, 9.17) is 0 Å². The molecule has 0 fully saturated rings. The number of anilines is 1. The monoisotopic (exact) mass is 355 g/mol. The van der Waals surface area contributed by atoms with Gasteiger partial charge in [-0.25, -0.2) is 13.5 Å². The van der Waals surface area contributed by atoms with Crippen LogP contribution in [0.1, 0.15) is 36.7 Å². The molecule has 3 aromatic rings. The average Bonchev–Trinajstić information content (AvgIpc) is 3.02. The van der Waals surface area contributed by atoms with E-state index in [1.165, 1.54) is 16.9 Å². The highest BCUT2D eigenvalue weighted by atomic mass is 19.1. The van der Waals surface area contributed by atoms with Crippen LogP contribution >= 0.6 is 0 Å². The van der Waals surface area contributed by atoms with Crippen LogP contribution in [-0.2, 0) is 5.41 Å². The molecule has 0 aliphatic carbocycles. The van der Waals surface area contributed by atoms with E-state index in [0.717, 1.165) is 17.7 Å². The Bertz CT molecular complexity index is 940. The van der Waals surface area contributed by atoms with Crippen LogP contribution in [0.2, 0.25) is 0 Å². The third-order valence-corrected chi connectivity index (χ3v) is 4.00. The molecule has 134 valence electrons. The highest BCUT2D eigenvalue weighted by Crippen LogP contribution is 2.22. The molecule has 6 heteroatoms. The van der Waals surface area contributed by atoms with Crippen molar-refractivity contribution in [2.24, 2.45) is 0 Å². The molecule has 0 spiro atoms. The van der Waals surface area contributed by atoms with Gasteiger partial charge in [0.25, 0.3) is 5.91 Å². The third-order valence-electron chi connectivity index (χ3n) is 4.00. The van der Waals surface area contributed by atoms with Crippen LogP contribution in [0.25, 0.3) is 5.69 Å². The number of carbonyl (C=O) groups is 1. The Labute approximate surface area is 150 Å². The zero-order chi connectivity index (χ0) is 18.9. The molecule has 0 atom stereocenters. The number of rotatable bonds is 3. The van der Waals surface area contributed by atoms with Crippen molar-refractivity contribution >= 4 is 11.7 Å². The van der Waals surface area contributed by atoms with E-state index in [1.54, 1.807) is 18.2 Å². The molecule has 2 aromatic carbocycles. The van der Waals surface area contributed by atoms with Crippen LogP contribution in [-0.4, -0.2) is 15.7 Å². The smallest absolute Gasteiger partial charge is 0.256 e. The predicted octanol–water partition coefficient (Wildman–Crippen LogP) is 4.70. The summed E-state index contributed by atoms with van der Waals surface area (Å²) in [7, 11) is 0. The maximum atomic E-state index is 13.8. The van der Waals surface area contributed by atoms with Gasteiger partial charge in [-0.05, 0) is 35.2 Å². The standard InChI is InChI=1S/C20H19F2N3O/c1-20(2,3)14-6-4-13(5-7-14)19(26)23-18-10-11-25(24-18)17-9-8-15(21)12-16(17)22/h4-12H,1-3H3,(H,23,24,26). The van der Waals surface area contributed by atoms with Crippen molar-refractivity contribution in [2.75, 3.05) is 5.32 Å². The lowest BCUT2D eigenvalue weighted by Crippen LogP contribution is -2.14. The molecule has 0 saturated carbocycles. The van der Waals surface area contributed by atoms with E-state index >= 15 is 0 Å². The minimum Gasteiger partial charge on any atom is -0.305 e. The first kappa shape index (κ1) is 17.8. The van der Waals surface area contributed by atoms with E-state index in [-0.39, 0.29) is 22.8 Å². The van der Waals surface area contributed by atoms with Gasteiger partial charge in [0.1, 0.15) is 11.5 Å². The molecule has 0 aliphatic heterocycles. The fourth-order valence-corrected chi connectivity index (χ4v) is 2.50. The minimum atomic E-state index is -0.733. The fourth-order valence-electron chi connectivity index (χ4n) is 2.50. The number of nitrogens with zero attached hydrogens (tertiary/aromatic N) is 2. The Hall–Kier alpha value is -3.02. The second-order valence-electron chi connectivity index (χ2n) is 7.02. The van der Waals surface area contributed by atoms with Crippen molar-refractivity contribution in [1.82, 2.24) is 9.78 Å². The maximum absolute atomic E-state index is 13.8. The maximum Gasteiger partial charge on any atom is 0.256 e. The highest BCUT2D eigenvalue weighted by molar-refractivity contribution is 6.03. The highest BCUT2D eigenvalue weighted by Gasteiger charge is 2.15. The number of halogens is 2. The number of nitrogens with one attached hydrogen (secondary N) is 1. The van der Waals surface area contributed by atoms with Crippen molar-refractivity contribution in [3.05, 3.63) is 77.5 Å². The average molecular weight is 355 g/mol. The summed E-state index contributed by atoms with van der Waals surface area (Å²) in [5.41, 5.74) is 1.74. The van der Waals surface area contributed by atoms with Gasteiger partial charge < -0.3 is 5.32 Å². The predicted molar refractivity (Wildman–Crippen MR) is 96.6 cm³/mol. The van der Waals surface area contributed by atoms with Crippen molar-refractivity contribution < 1.29 is 13.6 Å². The van der Waals surface area contributed by atoms with Crippen LogP contribution in [0, 0.1) is 11.6 Å². The van der Waals surface area contributed by atoms with E-state index in [2.05, 4.69) is 31.2 Å². The molecule has 0 aliphatic rings. The molecular formula is C20H19F2N3O. The van der Waals surface area contributed by atoms with Gasteiger partial charge in [0.05, 0.1) is 0 Å². The lowest BCUT2D eigenvalue weighted by molar-refractivity contribution is 0.102. The van der Waals surface area contributed by atoms with Crippen LogP contribution in [0.5, 0.6) is 0 Å². The summed E-state index contributed by atoms with van der Waals surface area (Å²) in [4.78, 5) is 12.3. The van der Waals surface area contributed by atoms with E-state index in [0.29, 0.717) is 5.56 Å². The molecule has 1 aromatic heterocycles. The molecule has 26 heavy (non-hydrogen) atoms. The fraction of sp³-hybridized carbons (Fsp3) is 0.200. The molecule has 0 unspecified atom stereocenters. The van der Waals surface area contributed by atoms with Gasteiger partial charge in [-0.2, -0.15) is 0 Å². The summed E-state index contributed by atoms with van der Waals surface area (Å²) < 4.78 is 28.1. The lowest BCUT2D eigenvalue weighted by Gasteiger charge is -2.18. The second-order valence-corrected chi connectivity index (χ2v) is 7.02. The number of carbonyl (C=O) groups excluding carboxylic acids is 1. The quantitative estimate of drug-likeness (QED) is 0.740. The molecule has 1 amide bonds. The molecule has 4 nitrogen and oxygen atoms in total. The summed E-state index contributed by atoms with van der Waals surface area (Å²) in [5, 5.41) is 6.79. The summed E-state index contributed by atoms with van der Waals surface area (Å²) in [5.74, 6) is -1.43. The van der Waals surface area contributed by atoms with Crippen LogP contribution in [0.3, 0.4) is 0 Å². The lowest BCUT2D eigenvalue weighted by atomic mass is 9.87. The van der Waals surface area contributed by atoms with Crippen molar-refractivity contribution in [3.63, 3.8) is 0 Å². The number of aromatic nitrogens is 2. The van der Waals surface area contributed by atoms with Crippen molar-refractivity contribution in [3.8, 4) is 5.69 Å². The minimum absolute atomic E-state index is 0.00696. The van der Waals surface area contributed by atoms with Crippen LogP contribution < -0.4 is 5.32 Å². The Balaban J connectivity index is 1.75. The molecule has 0 bridgehead atoms. The van der Waals surface area contributed by atoms with Gasteiger partial charge in [-0.1, -0.05) is 32.9 Å². The molecular weight excluding hydrogens is 336 g/mol. The van der Waals surface area contributed by atoms with Crippen molar-refractivity contribution in [1.29, 1.82) is 0 Å². The van der Waals surface area contributed by atoms with Gasteiger partial charge in [0.15, 0.2) is 11.6 Å². The first-order valence-corrected chi connectivity index (χ1v) is 8.17. The number of hydrogen-bond donors (Lipinski definition) is 1. The van der Waals surface area contributed by atoms with Crippen LogP contribution in [0.15, 0.2) is 54.7 Å². The van der Waals surface area contributed by atoms with Gasteiger partial charge in [-0.15, -0.1) is 5.10 Å². The van der Waals surface area contributed by atoms with Gasteiger partial charge in [0.2, 0.25) is 0 Å². The Kier molecular flexibility index (Phi) is 4.59. The zero-order valence-corrected chi connectivity index (χ0v) is 14.8. The molecule has 0 saturated heterocycles. The largest absolute Gasteiger partial charge is 0.305 e. The SMILES string of the molecule is CC(C)(C)c1ccc(C(=O)Nc2ccn(-c3ccc(F)cc3F)n2)cc1. The van der Waals surface area contributed by atoms with E-state index in [1.807, 2.05) is 12.1 Å². The number of hydrogen-bond acceptors (Lipinski definition) is 2.